The predicted molar refractivity (Wildman–Crippen MR) is 152 cm³/mol. The molecule has 1 atom stereocenters. The monoisotopic (exact) mass is 613 g/mol. The van der Waals surface area contributed by atoms with E-state index < -0.39 is 25.1 Å². The van der Waals surface area contributed by atoms with E-state index in [9.17, 15) is 22.5 Å². The number of nitrogens with one attached hydrogen (secondary N) is 1. The molecular weight excluding hydrogens is 574 g/mol. The number of hydrogen-bond acceptors (Lipinski definition) is 6. The van der Waals surface area contributed by atoms with Crippen molar-refractivity contribution in [3.05, 3.63) is 70.3 Å². The van der Waals surface area contributed by atoms with Gasteiger partial charge in [0.1, 0.15) is 0 Å². The number of aliphatic hydroxyl groups is 1. The summed E-state index contributed by atoms with van der Waals surface area (Å²) in [7, 11) is -4.59. The van der Waals surface area contributed by atoms with Gasteiger partial charge in [-0.05, 0) is 73.4 Å². The highest BCUT2D eigenvalue weighted by Crippen LogP contribution is 2.41. The first-order valence-corrected chi connectivity index (χ1v) is 15.4. The first-order chi connectivity index (χ1) is 19.6. The molecule has 1 aliphatic carbocycles. The highest BCUT2D eigenvalue weighted by molar-refractivity contribution is 7.46. The van der Waals surface area contributed by atoms with Gasteiger partial charge >= 0.3 is 14.0 Å². The maximum atomic E-state index is 13.0. The van der Waals surface area contributed by atoms with E-state index in [4.69, 9.17) is 26.0 Å². The third-order valence-electron chi connectivity index (χ3n) is 7.63. The van der Waals surface area contributed by atoms with Crippen molar-refractivity contribution in [2.75, 3.05) is 19.7 Å². The van der Waals surface area contributed by atoms with Crippen LogP contribution in [-0.4, -0.2) is 56.6 Å². The fourth-order valence-corrected chi connectivity index (χ4v) is 5.85. The molecule has 1 saturated carbocycles. The van der Waals surface area contributed by atoms with Gasteiger partial charge in [0.15, 0.2) is 0 Å². The van der Waals surface area contributed by atoms with E-state index in [-0.39, 0.29) is 31.6 Å². The van der Waals surface area contributed by atoms with Crippen LogP contribution >= 0.6 is 7.82 Å². The summed E-state index contributed by atoms with van der Waals surface area (Å²) in [5.74, 6) is -0.182. The summed E-state index contributed by atoms with van der Waals surface area (Å²) in [4.78, 5) is 31.8. The summed E-state index contributed by atoms with van der Waals surface area (Å²) in [6.45, 7) is 1.70. The molecule has 2 fully saturated rings. The van der Waals surface area contributed by atoms with Crippen molar-refractivity contribution in [2.24, 2.45) is 5.73 Å². The summed E-state index contributed by atoms with van der Waals surface area (Å²) in [5, 5.41) is 16.5. The SMILES string of the molecule is CC(=N)c1ccc(C(=O)N2CCCC(N)(COP(=O)(O)O)C2)cc1.OCc1ccc(C2CCCCC2)c(C(F)(F)F)c1. The Balaban J connectivity index is 0.000000240. The van der Waals surface area contributed by atoms with Crippen LogP contribution in [0.4, 0.5) is 13.2 Å². The fourth-order valence-electron chi connectivity index (χ4n) is 5.43. The molecule has 0 radical (unpaired) electrons. The normalized spacial score (nSPS) is 20.0. The molecule has 1 unspecified atom stereocenters. The Morgan fingerprint density at radius 1 is 1.10 bits per heavy atom. The van der Waals surface area contributed by atoms with Gasteiger partial charge in [-0.2, -0.15) is 13.2 Å². The summed E-state index contributed by atoms with van der Waals surface area (Å²) in [6.07, 6.45) is 1.61. The Kier molecular flexibility index (Phi) is 11.5. The van der Waals surface area contributed by atoms with Gasteiger partial charge in [0, 0.05) is 24.4 Å². The lowest BCUT2D eigenvalue weighted by atomic mass is 9.81. The van der Waals surface area contributed by atoms with E-state index in [0.29, 0.717) is 41.8 Å². The molecule has 0 bridgehead atoms. The number of carbonyl (C=O) groups excluding carboxylic acids is 1. The quantitative estimate of drug-likeness (QED) is 0.208. The molecule has 42 heavy (non-hydrogen) atoms. The molecule has 9 nitrogen and oxygen atoms in total. The molecule has 1 saturated heterocycles. The van der Waals surface area contributed by atoms with Crippen LogP contribution in [-0.2, 0) is 21.9 Å². The number of piperidine rings is 1. The lowest BCUT2D eigenvalue weighted by molar-refractivity contribution is -0.138. The largest absolute Gasteiger partial charge is 0.469 e. The Bertz CT molecular complexity index is 1280. The second-order valence-electron chi connectivity index (χ2n) is 11.1. The van der Waals surface area contributed by atoms with Gasteiger partial charge in [-0.3, -0.25) is 9.32 Å². The molecule has 1 heterocycles. The van der Waals surface area contributed by atoms with Crippen molar-refractivity contribution < 1.29 is 41.9 Å². The first-order valence-electron chi connectivity index (χ1n) is 13.9. The molecule has 0 spiro atoms. The summed E-state index contributed by atoms with van der Waals surface area (Å²) in [5.41, 5.74) is 6.96. The van der Waals surface area contributed by atoms with E-state index >= 15 is 0 Å². The fraction of sp³-hybridized carbons (Fsp3) is 0.517. The number of nitrogens with two attached hydrogens (primary N) is 1. The zero-order valence-corrected chi connectivity index (χ0v) is 24.5. The number of aliphatic hydroxyl groups excluding tert-OH is 1. The number of carbonyl (C=O) groups is 1. The van der Waals surface area contributed by atoms with Gasteiger partial charge in [-0.15, -0.1) is 0 Å². The third-order valence-corrected chi connectivity index (χ3v) is 8.10. The molecule has 0 aromatic heterocycles. The average molecular weight is 614 g/mol. The van der Waals surface area contributed by atoms with Crippen LogP contribution in [0.1, 0.15) is 90.4 Å². The predicted octanol–water partition coefficient (Wildman–Crippen LogP) is 5.36. The van der Waals surface area contributed by atoms with Crippen LogP contribution in [0, 0.1) is 5.41 Å². The van der Waals surface area contributed by atoms with Crippen molar-refractivity contribution in [2.45, 2.75) is 76.1 Å². The maximum Gasteiger partial charge on any atom is 0.469 e. The Morgan fingerprint density at radius 3 is 2.26 bits per heavy atom. The standard InChI is InChI=1S/C15H22N3O5P.C14H17F3O/c1-11(16)12-3-5-13(6-4-12)14(19)18-8-2-7-15(17,9-18)10-23-24(20,21)22;15-14(16,17)13-8-10(9-18)6-7-12(13)11-4-2-1-3-5-11/h3-6,16H,2,7-10,17H2,1H3,(H2,20,21,22);6-8,11,18H,1-5,9H2. The summed E-state index contributed by atoms with van der Waals surface area (Å²) < 4.78 is 54.5. The molecular formula is C29H39F3N3O6P. The molecule has 1 amide bonds. The van der Waals surface area contributed by atoms with Gasteiger partial charge in [0.05, 0.1) is 24.3 Å². The van der Waals surface area contributed by atoms with E-state index in [1.165, 1.54) is 0 Å². The lowest BCUT2D eigenvalue weighted by Gasteiger charge is -2.40. The molecule has 2 aliphatic rings. The van der Waals surface area contributed by atoms with Crippen LogP contribution < -0.4 is 5.73 Å². The van der Waals surface area contributed by atoms with Crippen LogP contribution in [0.25, 0.3) is 0 Å². The first kappa shape index (κ1) is 33.9. The molecule has 1 aliphatic heterocycles. The number of benzene rings is 2. The van der Waals surface area contributed by atoms with Crippen molar-refractivity contribution in [1.82, 2.24) is 4.90 Å². The summed E-state index contributed by atoms with van der Waals surface area (Å²) >= 11 is 0. The van der Waals surface area contributed by atoms with Gasteiger partial charge in [-0.1, -0.05) is 43.5 Å². The number of alkyl halides is 3. The zero-order valence-electron chi connectivity index (χ0n) is 23.6. The van der Waals surface area contributed by atoms with Crippen LogP contribution in [0.2, 0.25) is 0 Å². The number of rotatable bonds is 7. The number of halogens is 3. The minimum Gasteiger partial charge on any atom is -0.392 e. The van der Waals surface area contributed by atoms with Gasteiger partial charge in [0.25, 0.3) is 5.91 Å². The van der Waals surface area contributed by atoms with Crippen molar-refractivity contribution in [3.8, 4) is 0 Å². The van der Waals surface area contributed by atoms with Crippen molar-refractivity contribution >= 4 is 19.4 Å². The van der Waals surface area contributed by atoms with Crippen molar-refractivity contribution in [3.63, 3.8) is 0 Å². The Labute approximate surface area is 243 Å². The number of phosphoric ester groups is 1. The van der Waals surface area contributed by atoms with E-state index in [1.54, 1.807) is 48.2 Å². The summed E-state index contributed by atoms with van der Waals surface area (Å²) in [6, 6.07) is 11.0. The van der Waals surface area contributed by atoms with Gasteiger partial charge in [0.2, 0.25) is 0 Å². The average Bonchev–Trinajstić information content (AvgIpc) is 2.95. The molecule has 232 valence electrons. The Morgan fingerprint density at radius 2 is 1.71 bits per heavy atom. The van der Waals surface area contributed by atoms with Crippen molar-refractivity contribution in [1.29, 1.82) is 5.41 Å². The number of likely N-dealkylation sites (tertiary alicyclic amines) is 1. The number of nitrogens with zero attached hydrogens (tertiary/aromatic N) is 1. The minimum atomic E-state index is -4.59. The Hall–Kier alpha value is -2.60. The topological polar surface area (TPSA) is 157 Å². The number of phosphoric acid groups is 1. The highest BCUT2D eigenvalue weighted by Gasteiger charge is 2.37. The van der Waals surface area contributed by atoms with E-state index in [0.717, 1.165) is 43.7 Å². The van der Waals surface area contributed by atoms with Crippen LogP contribution in [0.15, 0.2) is 42.5 Å². The molecule has 6 N–H and O–H groups in total. The smallest absolute Gasteiger partial charge is 0.392 e. The lowest BCUT2D eigenvalue weighted by Crippen LogP contribution is -2.58. The van der Waals surface area contributed by atoms with E-state index in [1.807, 2.05) is 0 Å². The zero-order chi connectivity index (χ0) is 31.1. The van der Waals surface area contributed by atoms with Gasteiger partial charge < -0.3 is 30.9 Å². The minimum absolute atomic E-state index is 0.0168. The van der Waals surface area contributed by atoms with E-state index in [2.05, 4.69) is 4.52 Å². The molecule has 13 heteroatoms. The maximum absolute atomic E-state index is 13.0. The molecule has 2 aromatic carbocycles. The second kappa shape index (κ2) is 14.2. The number of amides is 1. The number of hydrogen-bond donors (Lipinski definition) is 5. The molecule has 4 rings (SSSR count). The van der Waals surface area contributed by atoms with Gasteiger partial charge in [-0.25, -0.2) is 4.57 Å². The second-order valence-corrected chi connectivity index (χ2v) is 12.3. The van der Waals surface area contributed by atoms with Crippen LogP contribution in [0.3, 0.4) is 0 Å². The highest BCUT2D eigenvalue weighted by atomic mass is 31.2. The van der Waals surface area contributed by atoms with Crippen LogP contribution in [0.5, 0.6) is 0 Å². The third kappa shape index (κ3) is 9.72. The molecule has 2 aromatic rings.